The van der Waals surface area contributed by atoms with E-state index in [1.807, 2.05) is 31.2 Å². The van der Waals surface area contributed by atoms with Crippen LogP contribution < -0.4 is 10.1 Å². The average molecular weight is 416 g/mol. The molecule has 8 heteroatoms. The van der Waals surface area contributed by atoms with Crippen LogP contribution in [0.15, 0.2) is 52.9 Å². The van der Waals surface area contributed by atoms with E-state index in [1.54, 1.807) is 24.3 Å². The molecule has 0 spiro atoms. The zero-order valence-electron chi connectivity index (χ0n) is 15.6. The second-order valence-electron chi connectivity index (χ2n) is 6.22. The lowest BCUT2D eigenvalue weighted by Gasteiger charge is -2.11. The van der Waals surface area contributed by atoms with Gasteiger partial charge in [-0.25, -0.2) is 0 Å². The SMILES string of the molecule is CC(=O)c1ccc(OC[C@@H](O)CSc2nnc(Nc3cccc(C)c3)s2)cc1. The number of nitrogens with zero attached hydrogens (tertiary/aromatic N) is 2. The third kappa shape index (κ3) is 6.05. The smallest absolute Gasteiger partial charge is 0.210 e. The largest absolute Gasteiger partial charge is 0.491 e. The highest BCUT2D eigenvalue weighted by atomic mass is 32.2. The van der Waals surface area contributed by atoms with E-state index < -0.39 is 6.10 Å². The topological polar surface area (TPSA) is 84.3 Å². The van der Waals surface area contributed by atoms with E-state index >= 15 is 0 Å². The summed E-state index contributed by atoms with van der Waals surface area (Å²) < 4.78 is 6.34. The van der Waals surface area contributed by atoms with Crippen LogP contribution in [0.1, 0.15) is 22.8 Å². The van der Waals surface area contributed by atoms with Crippen molar-refractivity contribution in [1.29, 1.82) is 0 Å². The van der Waals surface area contributed by atoms with E-state index in [9.17, 15) is 9.90 Å². The number of hydrogen-bond acceptors (Lipinski definition) is 8. The molecule has 2 N–H and O–H groups in total. The fraction of sp³-hybridized carbons (Fsp3) is 0.250. The molecule has 0 saturated carbocycles. The zero-order valence-corrected chi connectivity index (χ0v) is 17.2. The van der Waals surface area contributed by atoms with Crippen LogP contribution in [0.2, 0.25) is 0 Å². The fourth-order valence-electron chi connectivity index (χ4n) is 2.36. The second kappa shape index (κ2) is 9.68. The molecule has 6 nitrogen and oxygen atoms in total. The number of hydrogen-bond donors (Lipinski definition) is 2. The number of aromatic nitrogens is 2. The third-order valence-corrected chi connectivity index (χ3v) is 5.90. The van der Waals surface area contributed by atoms with Crippen molar-refractivity contribution in [1.82, 2.24) is 10.2 Å². The predicted molar refractivity (Wildman–Crippen MR) is 113 cm³/mol. The number of anilines is 2. The van der Waals surface area contributed by atoms with Crippen LogP contribution in [0.3, 0.4) is 0 Å². The molecule has 0 saturated heterocycles. The van der Waals surface area contributed by atoms with E-state index in [-0.39, 0.29) is 12.4 Å². The maximum atomic E-state index is 11.3. The number of thioether (sulfide) groups is 1. The van der Waals surface area contributed by atoms with Gasteiger partial charge in [-0.1, -0.05) is 35.2 Å². The summed E-state index contributed by atoms with van der Waals surface area (Å²) in [6.07, 6.45) is -0.644. The van der Waals surface area contributed by atoms with Gasteiger partial charge in [-0.15, -0.1) is 10.2 Å². The van der Waals surface area contributed by atoms with Gasteiger partial charge < -0.3 is 15.2 Å². The van der Waals surface area contributed by atoms with Crippen LogP contribution in [0.25, 0.3) is 0 Å². The first-order valence-corrected chi connectivity index (χ1v) is 10.5. The van der Waals surface area contributed by atoms with E-state index in [1.165, 1.54) is 35.6 Å². The number of rotatable bonds is 9. The molecule has 146 valence electrons. The first kappa shape index (κ1) is 20.3. The minimum absolute atomic E-state index is 0.0105. The Kier molecular flexibility index (Phi) is 7.02. The second-order valence-corrected chi connectivity index (χ2v) is 8.47. The summed E-state index contributed by atoms with van der Waals surface area (Å²) in [5.74, 6) is 1.08. The minimum atomic E-state index is -0.644. The van der Waals surface area contributed by atoms with Crippen LogP contribution in [0.5, 0.6) is 5.75 Å². The number of carbonyl (C=O) groups excluding carboxylic acids is 1. The number of carbonyl (C=O) groups is 1. The van der Waals surface area contributed by atoms with Gasteiger partial charge >= 0.3 is 0 Å². The molecule has 1 atom stereocenters. The summed E-state index contributed by atoms with van der Waals surface area (Å²) in [7, 11) is 0. The molecule has 2 aromatic carbocycles. The van der Waals surface area contributed by atoms with Crippen molar-refractivity contribution in [2.75, 3.05) is 17.7 Å². The third-order valence-electron chi connectivity index (χ3n) is 3.78. The fourth-order valence-corrected chi connectivity index (χ4v) is 4.06. The van der Waals surface area contributed by atoms with E-state index in [0.717, 1.165) is 10.0 Å². The van der Waals surface area contributed by atoms with Crippen LogP contribution in [0.4, 0.5) is 10.8 Å². The van der Waals surface area contributed by atoms with Gasteiger partial charge in [0.25, 0.3) is 0 Å². The number of nitrogens with one attached hydrogen (secondary N) is 1. The van der Waals surface area contributed by atoms with Crippen molar-refractivity contribution >= 4 is 39.7 Å². The van der Waals surface area contributed by atoms with Gasteiger partial charge in [-0.05, 0) is 55.8 Å². The van der Waals surface area contributed by atoms with Crippen molar-refractivity contribution in [3.63, 3.8) is 0 Å². The molecule has 0 unspecified atom stereocenters. The standard InChI is InChI=1S/C20H21N3O3S2/c1-13-4-3-5-16(10-13)21-19-22-23-20(28-19)27-12-17(25)11-26-18-8-6-15(7-9-18)14(2)24/h3-10,17,25H,11-12H2,1-2H3,(H,21,22)/t17-/m1/s1. The Morgan fingerprint density at radius 1 is 1.25 bits per heavy atom. The Balaban J connectivity index is 1.43. The van der Waals surface area contributed by atoms with Gasteiger partial charge in [0.05, 0.1) is 6.10 Å². The molecule has 3 aromatic rings. The zero-order chi connectivity index (χ0) is 19.9. The lowest BCUT2D eigenvalue weighted by Crippen LogP contribution is -2.20. The van der Waals surface area contributed by atoms with Gasteiger partial charge in [-0.3, -0.25) is 4.79 Å². The first-order chi connectivity index (χ1) is 13.5. The summed E-state index contributed by atoms with van der Waals surface area (Å²) in [4.78, 5) is 11.3. The van der Waals surface area contributed by atoms with Gasteiger partial charge in [0.1, 0.15) is 12.4 Å². The molecular weight excluding hydrogens is 394 g/mol. The van der Waals surface area contributed by atoms with E-state index in [0.29, 0.717) is 22.2 Å². The van der Waals surface area contributed by atoms with Crippen LogP contribution in [-0.2, 0) is 0 Å². The predicted octanol–water partition coefficient (Wildman–Crippen LogP) is 4.32. The Bertz CT molecular complexity index is 928. The molecule has 1 heterocycles. The summed E-state index contributed by atoms with van der Waals surface area (Å²) in [5.41, 5.74) is 2.77. The minimum Gasteiger partial charge on any atom is -0.491 e. The van der Waals surface area contributed by atoms with Gasteiger partial charge in [0.2, 0.25) is 5.13 Å². The highest BCUT2D eigenvalue weighted by Gasteiger charge is 2.11. The van der Waals surface area contributed by atoms with Gasteiger partial charge in [0.15, 0.2) is 10.1 Å². The first-order valence-electron chi connectivity index (χ1n) is 8.71. The molecule has 28 heavy (non-hydrogen) atoms. The van der Waals surface area contributed by atoms with Crippen LogP contribution in [0, 0.1) is 6.92 Å². The van der Waals surface area contributed by atoms with E-state index in [4.69, 9.17) is 4.74 Å². The van der Waals surface area contributed by atoms with Crippen molar-refractivity contribution in [2.24, 2.45) is 0 Å². The molecule has 0 aliphatic rings. The van der Waals surface area contributed by atoms with Gasteiger partial charge in [-0.2, -0.15) is 0 Å². The Labute approximate surface area is 172 Å². The average Bonchev–Trinajstić information content (AvgIpc) is 3.12. The molecule has 3 rings (SSSR count). The molecular formula is C20H21N3O3S2. The quantitative estimate of drug-likeness (QED) is 0.398. The van der Waals surface area contributed by atoms with E-state index in [2.05, 4.69) is 15.5 Å². The van der Waals surface area contributed by atoms with Crippen LogP contribution >= 0.6 is 23.1 Å². The highest BCUT2D eigenvalue weighted by molar-refractivity contribution is 8.01. The Hall–Kier alpha value is -2.42. The maximum absolute atomic E-state index is 11.3. The maximum Gasteiger partial charge on any atom is 0.210 e. The van der Waals surface area contributed by atoms with Crippen molar-refractivity contribution in [2.45, 2.75) is 24.3 Å². The number of aliphatic hydroxyl groups excluding tert-OH is 1. The molecule has 0 fully saturated rings. The number of ketones is 1. The number of benzene rings is 2. The number of ether oxygens (including phenoxy) is 1. The summed E-state index contributed by atoms with van der Waals surface area (Å²) in [5, 5.41) is 22.3. The molecule has 0 aliphatic heterocycles. The van der Waals surface area contributed by atoms with Crippen molar-refractivity contribution in [3.05, 3.63) is 59.7 Å². The lowest BCUT2D eigenvalue weighted by molar-refractivity contribution is 0.101. The molecule has 0 radical (unpaired) electrons. The number of aliphatic hydroxyl groups is 1. The summed E-state index contributed by atoms with van der Waals surface area (Å²) in [6.45, 7) is 3.72. The number of Topliss-reactive ketones (excluding diaryl/α,β-unsaturated/α-hetero) is 1. The summed E-state index contributed by atoms with van der Waals surface area (Å²) in [6, 6.07) is 14.9. The monoisotopic (exact) mass is 415 g/mol. The lowest BCUT2D eigenvalue weighted by atomic mass is 10.1. The molecule has 0 bridgehead atoms. The Morgan fingerprint density at radius 3 is 2.75 bits per heavy atom. The normalized spacial score (nSPS) is 11.8. The Morgan fingerprint density at radius 2 is 2.04 bits per heavy atom. The summed E-state index contributed by atoms with van der Waals surface area (Å²) >= 11 is 2.87. The highest BCUT2D eigenvalue weighted by Crippen LogP contribution is 2.28. The molecule has 0 aliphatic carbocycles. The number of aryl methyl sites for hydroxylation is 1. The van der Waals surface area contributed by atoms with Crippen LogP contribution in [-0.4, -0.2) is 39.6 Å². The van der Waals surface area contributed by atoms with Gasteiger partial charge in [0, 0.05) is 17.0 Å². The van der Waals surface area contributed by atoms with Crippen molar-refractivity contribution < 1.29 is 14.6 Å². The molecule has 0 amide bonds. The molecule has 1 aromatic heterocycles. The van der Waals surface area contributed by atoms with Crippen molar-refractivity contribution in [3.8, 4) is 5.75 Å².